The Kier molecular flexibility index (Phi) is 2.88. The van der Waals surface area contributed by atoms with Gasteiger partial charge in [0.05, 0.1) is 11.3 Å². The molecule has 0 fully saturated rings. The zero-order chi connectivity index (χ0) is 12.3. The highest BCUT2D eigenvalue weighted by atomic mass is 15.0. The van der Waals surface area contributed by atoms with Crippen LogP contribution >= 0.6 is 0 Å². The highest BCUT2D eigenvalue weighted by molar-refractivity contribution is 5.68. The number of para-hydroxylation sites is 1. The van der Waals surface area contributed by atoms with E-state index >= 15 is 0 Å². The number of nitriles is 1. The molecule has 0 saturated carbocycles. The number of nitrogens with two attached hydrogens (primary N) is 1. The fourth-order valence-corrected chi connectivity index (χ4v) is 1.41. The van der Waals surface area contributed by atoms with E-state index in [0.29, 0.717) is 22.9 Å². The Morgan fingerprint density at radius 2 is 2.06 bits per heavy atom. The van der Waals surface area contributed by atoms with Gasteiger partial charge in [-0.25, -0.2) is 9.97 Å². The zero-order valence-corrected chi connectivity index (χ0v) is 9.31. The maximum Gasteiger partial charge on any atom is 0.138 e. The van der Waals surface area contributed by atoms with Gasteiger partial charge >= 0.3 is 0 Å². The van der Waals surface area contributed by atoms with Gasteiger partial charge in [0, 0.05) is 5.56 Å². The molecule has 5 nitrogen and oxygen atoms in total. The molecule has 0 spiro atoms. The highest BCUT2D eigenvalue weighted by Gasteiger charge is 2.06. The lowest BCUT2D eigenvalue weighted by molar-refractivity contribution is 1.14. The van der Waals surface area contributed by atoms with Crippen LogP contribution in [0.3, 0.4) is 0 Å². The Balaban J connectivity index is 2.39. The summed E-state index contributed by atoms with van der Waals surface area (Å²) in [5, 5.41) is 12.1. The van der Waals surface area contributed by atoms with Gasteiger partial charge in [-0.3, -0.25) is 0 Å². The second kappa shape index (κ2) is 4.49. The van der Waals surface area contributed by atoms with Gasteiger partial charge in [-0.15, -0.1) is 0 Å². The highest BCUT2D eigenvalue weighted by Crippen LogP contribution is 2.22. The Morgan fingerprint density at radius 1 is 1.29 bits per heavy atom. The molecule has 2 aromatic rings. The monoisotopic (exact) mass is 225 g/mol. The predicted octanol–water partition coefficient (Wildman–Crippen LogP) is 1.98. The third-order valence-electron chi connectivity index (χ3n) is 2.42. The van der Waals surface area contributed by atoms with E-state index in [0.717, 1.165) is 5.56 Å². The molecule has 84 valence electrons. The van der Waals surface area contributed by atoms with Gasteiger partial charge < -0.3 is 11.1 Å². The summed E-state index contributed by atoms with van der Waals surface area (Å²) in [5.74, 6) is 1.04. The molecule has 0 bridgehead atoms. The molecule has 2 rings (SSSR count). The number of nitrogen functional groups attached to an aromatic ring is 1. The van der Waals surface area contributed by atoms with Crippen LogP contribution in [0.5, 0.6) is 0 Å². The number of rotatable bonds is 2. The van der Waals surface area contributed by atoms with Crippen molar-refractivity contribution in [1.82, 2.24) is 9.97 Å². The smallest absolute Gasteiger partial charge is 0.138 e. The molecule has 0 saturated heterocycles. The van der Waals surface area contributed by atoms with Crippen LogP contribution < -0.4 is 11.1 Å². The van der Waals surface area contributed by atoms with E-state index < -0.39 is 0 Å². The van der Waals surface area contributed by atoms with Crippen LogP contribution in [0.2, 0.25) is 0 Å². The number of nitrogens with zero attached hydrogens (tertiary/aromatic N) is 3. The van der Waals surface area contributed by atoms with Gasteiger partial charge in [-0.1, -0.05) is 12.1 Å². The van der Waals surface area contributed by atoms with E-state index in [1.165, 1.54) is 6.33 Å². The van der Waals surface area contributed by atoms with Crippen molar-refractivity contribution in [3.8, 4) is 6.07 Å². The van der Waals surface area contributed by atoms with Crippen molar-refractivity contribution >= 4 is 17.3 Å². The largest absolute Gasteiger partial charge is 0.383 e. The van der Waals surface area contributed by atoms with Crippen molar-refractivity contribution in [3.63, 3.8) is 0 Å². The first-order valence-electron chi connectivity index (χ1n) is 5.05. The molecule has 0 unspecified atom stereocenters. The Morgan fingerprint density at radius 3 is 2.82 bits per heavy atom. The van der Waals surface area contributed by atoms with Crippen LogP contribution in [-0.2, 0) is 0 Å². The van der Waals surface area contributed by atoms with Crippen molar-refractivity contribution in [2.45, 2.75) is 6.92 Å². The van der Waals surface area contributed by atoms with Crippen LogP contribution in [0.4, 0.5) is 17.3 Å². The normalized spacial score (nSPS) is 9.65. The minimum Gasteiger partial charge on any atom is -0.383 e. The number of nitrogens with one attached hydrogen (secondary N) is 1. The number of benzene rings is 1. The van der Waals surface area contributed by atoms with Crippen LogP contribution in [0, 0.1) is 18.3 Å². The summed E-state index contributed by atoms with van der Waals surface area (Å²) < 4.78 is 0. The molecule has 1 aromatic carbocycles. The number of aromatic nitrogens is 2. The fourth-order valence-electron chi connectivity index (χ4n) is 1.41. The lowest BCUT2D eigenvalue weighted by atomic mass is 10.2. The standard InChI is InChI=1S/C12H11N5/c1-8-11(14)15-7-16-12(8)17-10-5-3-2-4-9(10)6-13/h2-5,7H,1H3,(H3,14,15,16,17). The first-order valence-corrected chi connectivity index (χ1v) is 5.05. The summed E-state index contributed by atoms with van der Waals surface area (Å²) in [6.07, 6.45) is 1.39. The summed E-state index contributed by atoms with van der Waals surface area (Å²) in [6.45, 7) is 1.83. The van der Waals surface area contributed by atoms with E-state index in [1.807, 2.05) is 25.1 Å². The average molecular weight is 225 g/mol. The molecule has 0 aliphatic carbocycles. The molecule has 0 atom stereocenters. The fraction of sp³-hybridized carbons (Fsp3) is 0.0833. The predicted molar refractivity (Wildman–Crippen MR) is 65.6 cm³/mol. The van der Waals surface area contributed by atoms with E-state index in [1.54, 1.807) is 6.07 Å². The Labute approximate surface area is 98.9 Å². The Hall–Kier alpha value is -2.61. The van der Waals surface area contributed by atoms with Crippen molar-refractivity contribution in [2.75, 3.05) is 11.1 Å². The van der Waals surface area contributed by atoms with Gasteiger partial charge in [-0.2, -0.15) is 5.26 Å². The van der Waals surface area contributed by atoms with Gasteiger partial charge in [0.25, 0.3) is 0 Å². The van der Waals surface area contributed by atoms with Gasteiger partial charge in [0.2, 0.25) is 0 Å². The van der Waals surface area contributed by atoms with Crippen LogP contribution in [0.15, 0.2) is 30.6 Å². The molecule has 0 amide bonds. The molecule has 1 aromatic heterocycles. The quantitative estimate of drug-likeness (QED) is 0.815. The van der Waals surface area contributed by atoms with Crippen molar-refractivity contribution in [3.05, 3.63) is 41.7 Å². The second-order valence-corrected chi connectivity index (χ2v) is 3.51. The molecule has 0 radical (unpaired) electrons. The number of hydrogen-bond acceptors (Lipinski definition) is 5. The summed E-state index contributed by atoms with van der Waals surface area (Å²) in [5.41, 5.74) is 7.72. The molecular weight excluding hydrogens is 214 g/mol. The van der Waals surface area contributed by atoms with E-state index in [9.17, 15) is 0 Å². The maximum absolute atomic E-state index is 8.97. The number of hydrogen-bond donors (Lipinski definition) is 2. The van der Waals surface area contributed by atoms with E-state index in [4.69, 9.17) is 11.0 Å². The number of anilines is 3. The third kappa shape index (κ3) is 2.16. The molecule has 5 heteroatoms. The van der Waals surface area contributed by atoms with Crippen molar-refractivity contribution in [1.29, 1.82) is 5.26 Å². The molecule has 0 aliphatic heterocycles. The van der Waals surface area contributed by atoms with E-state index in [-0.39, 0.29) is 0 Å². The molecule has 0 aliphatic rings. The van der Waals surface area contributed by atoms with Crippen molar-refractivity contribution in [2.24, 2.45) is 0 Å². The van der Waals surface area contributed by atoms with Crippen LogP contribution in [-0.4, -0.2) is 9.97 Å². The van der Waals surface area contributed by atoms with Crippen LogP contribution in [0.25, 0.3) is 0 Å². The minimum atomic E-state index is 0.428. The third-order valence-corrected chi connectivity index (χ3v) is 2.42. The summed E-state index contributed by atoms with van der Waals surface area (Å²) >= 11 is 0. The zero-order valence-electron chi connectivity index (χ0n) is 9.31. The lowest BCUT2D eigenvalue weighted by Gasteiger charge is -2.10. The van der Waals surface area contributed by atoms with Gasteiger partial charge in [-0.05, 0) is 19.1 Å². The van der Waals surface area contributed by atoms with Gasteiger partial charge in [0.15, 0.2) is 0 Å². The minimum absolute atomic E-state index is 0.428. The summed E-state index contributed by atoms with van der Waals surface area (Å²) in [4.78, 5) is 7.98. The van der Waals surface area contributed by atoms with Gasteiger partial charge in [0.1, 0.15) is 24.0 Å². The lowest BCUT2D eigenvalue weighted by Crippen LogP contribution is -2.02. The second-order valence-electron chi connectivity index (χ2n) is 3.51. The van der Waals surface area contributed by atoms with Crippen molar-refractivity contribution < 1.29 is 0 Å². The maximum atomic E-state index is 8.97. The Bertz CT molecular complexity index is 586. The topological polar surface area (TPSA) is 87.6 Å². The SMILES string of the molecule is Cc1c(N)ncnc1Nc1ccccc1C#N. The molecule has 17 heavy (non-hydrogen) atoms. The van der Waals surface area contributed by atoms with E-state index in [2.05, 4.69) is 21.4 Å². The molecule has 1 heterocycles. The van der Waals surface area contributed by atoms with Crippen LogP contribution in [0.1, 0.15) is 11.1 Å². The summed E-state index contributed by atoms with van der Waals surface area (Å²) in [6, 6.07) is 9.33. The molecule has 3 N–H and O–H groups in total. The average Bonchev–Trinajstić information content (AvgIpc) is 2.35. The molecular formula is C12H11N5. The summed E-state index contributed by atoms with van der Waals surface area (Å²) in [7, 11) is 0. The first-order chi connectivity index (χ1) is 8.22. The first kappa shape index (κ1) is 10.9.